The highest BCUT2D eigenvalue weighted by Crippen LogP contribution is 2.24. The molecule has 0 amide bonds. The number of hydrogen-bond donors (Lipinski definition) is 4. The van der Waals surface area contributed by atoms with Gasteiger partial charge in [-0.2, -0.15) is 4.98 Å². The van der Waals surface area contributed by atoms with Gasteiger partial charge in [0.2, 0.25) is 11.3 Å². The molecule has 2 aromatic carbocycles. The minimum atomic E-state index is -0.987. The summed E-state index contributed by atoms with van der Waals surface area (Å²) in [7, 11) is 0. The van der Waals surface area contributed by atoms with Gasteiger partial charge in [0.05, 0.1) is 11.3 Å². The molecule has 0 aliphatic rings. The molecule has 4 rings (SSSR count). The van der Waals surface area contributed by atoms with E-state index in [1.807, 2.05) is 31.2 Å². The number of nitrogens with one attached hydrogen (secondary N) is 3. The van der Waals surface area contributed by atoms with Gasteiger partial charge in [-0.3, -0.25) is 10.9 Å². The van der Waals surface area contributed by atoms with E-state index >= 15 is 0 Å². The number of aryl methyl sites for hydroxylation is 1. The number of fused-ring (bicyclic) bond motifs is 1. The van der Waals surface area contributed by atoms with Gasteiger partial charge < -0.3 is 10.4 Å². The van der Waals surface area contributed by atoms with Crippen LogP contribution in [-0.2, 0) is 0 Å². The molecule has 4 aromatic rings. The molecule has 0 aliphatic heterocycles. The predicted molar refractivity (Wildman–Crippen MR) is 103 cm³/mol. The SMILES string of the molecule is Cc1ccc(Nc2nc3nonc3nc2NNc2ccc(C(=O)O)cc2)cc1. The summed E-state index contributed by atoms with van der Waals surface area (Å²) in [5, 5.41) is 19.6. The zero-order valence-electron chi connectivity index (χ0n) is 14.7. The summed E-state index contributed by atoms with van der Waals surface area (Å²) in [6.07, 6.45) is 0. The van der Waals surface area contributed by atoms with Gasteiger partial charge in [0.25, 0.3) is 0 Å². The lowest BCUT2D eigenvalue weighted by Crippen LogP contribution is -2.13. The molecule has 0 saturated carbocycles. The van der Waals surface area contributed by atoms with E-state index in [1.54, 1.807) is 12.1 Å². The highest BCUT2D eigenvalue weighted by Gasteiger charge is 2.13. The number of anilines is 4. The fraction of sp³-hybridized carbons (Fsp3) is 0.0556. The first-order valence-electron chi connectivity index (χ1n) is 8.28. The highest BCUT2D eigenvalue weighted by atomic mass is 16.6. The smallest absolute Gasteiger partial charge is 0.335 e. The predicted octanol–water partition coefficient (Wildman–Crippen LogP) is 3.20. The van der Waals surface area contributed by atoms with E-state index in [2.05, 4.69) is 41.1 Å². The van der Waals surface area contributed by atoms with E-state index in [9.17, 15) is 4.79 Å². The van der Waals surface area contributed by atoms with Crippen LogP contribution in [0.2, 0.25) is 0 Å². The quantitative estimate of drug-likeness (QED) is 0.370. The Morgan fingerprint density at radius 2 is 1.46 bits per heavy atom. The Labute approximate surface area is 158 Å². The number of aromatic nitrogens is 4. The molecule has 10 nitrogen and oxygen atoms in total. The van der Waals surface area contributed by atoms with E-state index < -0.39 is 5.97 Å². The van der Waals surface area contributed by atoms with Crippen LogP contribution in [0.15, 0.2) is 53.2 Å². The number of carboxylic acids is 1. The Morgan fingerprint density at radius 3 is 2.11 bits per heavy atom. The van der Waals surface area contributed by atoms with Gasteiger partial charge >= 0.3 is 5.97 Å². The van der Waals surface area contributed by atoms with Crippen molar-refractivity contribution >= 4 is 40.3 Å². The summed E-state index contributed by atoms with van der Waals surface area (Å²) in [4.78, 5) is 19.7. The molecule has 0 unspecified atom stereocenters. The summed E-state index contributed by atoms with van der Waals surface area (Å²) in [6.45, 7) is 2.00. The minimum absolute atomic E-state index is 0.196. The largest absolute Gasteiger partial charge is 0.478 e. The number of carbonyl (C=O) groups is 1. The second kappa shape index (κ2) is 7.19. The van der Waals surface area contributed by atoms with Gasteiger partial charge in [0.1, 0.15) is 0 Å². The molecule has 4 N–H and O–H groups in total. The summed E-state index contributed by atoms with van der Waals surface area (Å²) in [6, 6.07) is 14.0. The lowest BCUT2D eigenvalue weighted by atomic mass is 10.2. The molecule has 10 heteroatoms. The van der Waals surface area contributed by atoms with Crippen molar-refractivity contribution < 1.29 is 14.5 Å². The van der Waals surface area contributed by atoms with E-state index in [1.165, 1.54) is 12.1 Å². The maximum atomic E-state index is 10.9. The van der Waals surface area contributed by atoms with Crippen LogP contribution >= 0.6 is 0 Å². The van der Waals surface area contributed by atoms with Crippen molar-refractivity contribution in [2.24, 2.45) is 0 Å². The standard InChI is InChI=1S/C18H15N7O3/c1-10-2-6-12(7-3-10)19-14-15(21-17-16(20-14)24-28-25-17)23-22-13-8-4-11(5-9-13)18(26)27/h2-9,22H,1H3,(H,26,27)(H,19,20,24)(H,21,23,25). The average Bonchev–Trinajstić information content (AvgIpc) is 3.15. The molecule has 140 valence electrons. The second-order valence-electron chi connectivity index (χ2n) is 5.96. The van der Waals surface area contributed by atoms with Crippen molar-refractivity contribution in [1.29, 1.82) is 0 Å². The fourth-order valence-electron chi connectivity index (χ4n) is 2.41. The first-order valence-corrected chi connectivity index (χ1v) is 8.28. The number of hydrazine groups is 1. The molecular formula is C18H15N7O3. The van der Waals surface area contributed by atoms with Crippen molar-refractivity contribution in [3.8, 4) is 0 Å². The molecule has 0 saturated heterocycles. The monoisotopic (exact) mass is 377 g/mol. The number of rotatable bonds is 6. The number of aromatic carboxylic acids is 1. The summed E-state index contributed by atoms with van der Waals surface area (Å²) >= 11 is 0. The van der Waals surface area contributed by atoms with E-state index in [0.717, 1.165) is 11.3 Å². The third-order valence-electron chi connectivity index (χ3n) is 3.89. The van der Waals surface area contributed by atoms with Crippen LogP contribution < -0.4 is 16.2 Å². The van der Waals surface area contributed by atoms with Gasteiger partial charge in [-0.1, -0.05) is 17.7 Å². The van der Waals surface area contributed by atoms with Crippen LogP contribution in [0.1, 0.15) is 15.9 Å². The first kappa shape index (κ1) is 17.2. The molecule has 0 spiro atoms. The average molecular weight is 377 g/mol. The van der Waals surface area contributed by atoms with Gasteiger partial charge in [-0.25, -0.2) is 14.4 Å². The molecule has 0 bridgehead atoms. The molecule has 0 radical (unpaired) electrons. The molecule has 0 aliphatic carbocycles. The molecule has 0 fully saturated rings. The highest BCUT2D eigenvalue weighted by molar-refractivity contribution is 5.88. The van der Waals surface area contributed by atoms with Gasteiger partial charge in [0.15, 0.2) is 11.6 Å². The number of carboxylic acid groups (broad SMARTS) is 1. The van der Waals surface area contributed by atoms with E-state index in [0.29, 0.717) is 17.3 Å². The summed E-state index contributed by atoms with van der Waals surface area (Å²) in [5.41, 5.74) is 9.22. The third-order valence-corrected chi connectivity index (χ3v) is 3.89. The summed E-state index contributed by atoms with van der Waals surface area (Å²) in [5.74, 6) is -0.202. The minimum Gasteiger partial charge on any atom is -0.478 e. The Balaban J connectivity index is 1.59. The molecule has 28 heavy (non-hydrogen) atoms. The van der Waals surface area contributed by atoms with Crippen LogP contribution in [0.25, 0.3) is 11.3 Å². The third kappa shape index (κ3) is 3.65. The van der Waals surface area contributed by atoms with Crippen molar-refractivity contribution in [3.63, 3.8) is 0 Å². The Kier molecular flexibility index (Phi) is 4.42. The maximum absolute atomic E-state index is 10.9. The lowest BCUT2D eigenvalue weighted by molar-refractivity contribution is 0.0697. The van der Waals surface area contributed by atoms with Crippen LogP contribution in [0.3, 0.4) is 0 Å². The van der Waals surface area contributed by atoms with Crippen LogP contribution in [0, 0.1) is 6.92 Å². The van der Waals surface area contributed by atoms with Gasteiger partial charge in [0, 0.05) is 5.69 Å². The first-order chi connectivity index (χ1) is 13.6. The second-order valence-corrected chi connectivity index (χ2v) is 5.96. The Morgan fingerprint density at radius 1 is 0.857 bits per heavy atom. The molecule has 0 atom stereocenters. The Hall–Kier alpha value is -4.21. The Bertz CT molecular complexity index is 1120. The normalized spacial score (nSPS) is 10.6. The fourth-order valence-corrected chi connectivity index (χ4v) is 2.41. The maximum Gasteiger partial charge on any atom is 0.335 e. The van der Waals surface area contributed by atoms with E-state index in [-0.39, 0.29) is 16.9 Å². The van der Waals surface area contributed by atoms with Crippen molar-refractivity contribution in [2.75, 3.05) is 16.2 Å². The zero-order chi connectivity index (χ0) is 19.5. The van der Waals surface area contributed by atoms with Gasteiger partial charge in [-0.15, -0.1) is 0 Å². The van der Waals surface area contributed by atoms with Gasteiger partial charge in [-0.05, 0) is 53.6 Å². The molecule has 2 aromatic heterocycles. The molecular weight excluding hydrogens is 362 g/mol. The number of nitrogens with zero attached hydrogens (tertiary/aromatic N) is 4. The van der Waals surface area contributed by atoms with Crippen LogP contribution in [0.4, 0.5) is 23.0 Å². The number of benzene rings is 2. The van der Waals surface area contributed by atoms with Crippen LogP contribution in [-0.4, -0.2) is 31.4 Å². The lowest BCUT2D eigenvalue weighted by Gasteiger charge is -2.13. The van der Waals surface area contributed by atoms with Crippen molar-refractivity contribution in [1.82, 2.24) is 20.3 Å². The zero-order valence-corrected chi connectivity index (χ0v) is 14.7. The van der Waals surface area contributed by atoms with Crippen molar-refractivity contribution in [2.45, 2.75) is 6.92 Å². The topological polar surface area (TPSA) is 138 Å². The number of hydrogen-bond acceptors (Lipinski definition) is 9. The van der Waals surface area contributed by atoms with E-state index in [4.69, 9.17) is 5.11 Å². The van der Waals surface area contributed by atoms with Crippen molar-refractivity contribution in [3.05, 3.63) is 59.7 Å². The summed E-state index contributed by atoms with van der Waals surface area (Å²) < 4.78 is 4.68. The molecule has 2 heterocycles. The van der Waals surface area contributed by atoms with Crippen LogP contribution in [0.5, 0.6) is 0 Å².